The van der Waals surface area contributed by atoms with Gasteiger partial charge in [-0.2, -0.15) is 0 Å². The lowest BCUT2D eigenvalue weighted by atomic mass is 10.2. The molecular formula is C21H26ClN5O5. The van der Waals surface area contributed by atoms with Crippen LogP contribution in [0.5, 0.6) is 0 Å². The summed E-state index contributed by atoms with van der Waals surface area (Å²) in [6, 6.07) is 4.14. The second-order valence-electron chi connectivity index (χ2n) is 7.14. The number of aromatic nitrogens is 2. The Hall–Kier alpha value is -3.40. The van der Waals surface area contributed by atoms with Crippen LogP contribution >= 0.6 is 11.6 Å². The zero-order chi connectivity index (χ0) is 23.8. The monoisotopic (exact) mass is 463 g/mol. The van der Waals surface area contributed by atoms with E-state index in [9.17, 15) is 24.5 Å². The molecule has 10 nitrogen and oxygen atoms in total. The molecule has 0 atom stereocenters. The van der Waals surface area contributed by atoms with E-state index in [1.165, 1.54) is 39.8 Å². The standard InChI is InChI=1S/C21H26ClN5O5/c1-3-5-11-25(18-19(23)26(12-6-4-2)21(30)24-20(18)29)17(28)10-8-14-7-9-15(22)16(13-14)27(31)32/h7-10,13H,3-6,11-12,23H2,1-2H3,(H,24,29,30)/b10-8+. The summed E-state index contributed by atoms with van der Waals surface area (Å²) < 4.78 is 1.25. The van der Waals surface area contributed by atoms with Gasteiger partial charge in [0, 0.05) is 25.2 Å². The Kier molecular flexibility index (Phi) is 8.77. The Bertz CT molecular complexity index is 1140. The minimum absolute atomic E-state index is 0.0170. The molecule has 0 aliphatic heterocycles. The van der Waals surface area contributed by atoms with Crippen molar-refractivity contribution in [2.75, 3.05) is 17.2 Å². The minimum atomic E-state index is -0.750. The molecule has 0 saturated heterocycles. The molecule has 0 saturated carbocycles. The molecule has 0 aliphatic rings. The fourth-order valence-electron chi connectivity index (χ4n) is 3.06. The van der Waals surface area contributed by atoms with E-state index in [1.807, 2.05) is 13.8 Å². The summed E-state index contributed by atoms with van der Waals surface area (Å²) in [6.07, 6.45) is 5.43. The summed E-state index contributed by atoms with van der Waals surface area (Å²) in [5.74, 6) is -0.624. The molecule has 3 N–H and O–H groups in total. The molecule has 1 amide bonds. The van der Waals surface area contributed by atoms with Gasteiger partial charge in [0.2, 0.25) is 0 Å². The van der Waals surface area contributed by atoms with Gasteiger partial charge in [-0.1, -0.05) is 44.4 Å². The highest BCUT2D eigenvalue weighted by Crippen LogP contribution is 2.26. The number of halogens is 1. The minimum Gasteiger partial charge on any atom is -0.383 e. The lowest BCUT2D eigenvalue weighted by molar-refractivity contribution is -0.384. The number of anilines is 2. The van der Waals surface area contributed by atoms with Crippen LogP contribution in [-0.4, -0.2) is 26.9 Å². The highest BCUT2D eigenvalue weighted by molar-refractivity contribution is 6.32. The topological polar surface area (TPSA) is 144 Å². The first kappa shape index (κ1) is 24.9. The fourth-order valence-corrected chi connectivity index (χ4v) is 3.24. The Morgan fingerprint density at radius 1 is 1.28 bits per heavy atom. The summed E-state index contributed by atoms with van der Waals surface area (Å²) in [6.45, 7) is 4.41. The van der Waals surface area contributed by atoms with Crippen LogP contribution < -0.4 is 21.9 Å². The lowest BCUT2D eigenvalue weighted by Crippen LogP contribution is -2.41. The van der Waals surface area contributed by atoms with Crippen LogP contribution in [0.25, 0.3) is 6.08 Å². The van der Waals surface area contributed by atoms with Gasteiger partial charge in [0.1, 0.15) is 10.8 Å². The zero-order valence-electron chi connectivity index (χ0n) is 18.0. The number of amides is 1. The average Bonchev–Trinajstić information content (AvgIpc) is 2.74. The number of nitrogens with one attached hydrogen (secondary N) is 1. The average molecular weight is 464 g/mol. The van der Waals surface area contributed by atoms with E-state index in [0.717, 1.165) is 12.8 Å². The van der Waals surface area contributed by atoms with Gasteiger partial charge in [-0.25, -0.2) is 4.79 Å². The number of aromatic amines is 1. The molecule has 0 aliphatic carbocycles. The Morgan fingerprint density at radius 3 is 2.59 bits per heavy atom. The molecule has 1 aromatic heterocycles. The highest BCUT2D eigenvalue weighted by Gasteiger charge is 2.22. The number of carbonyl (C=O) groups excluding carboxylic acids is 1. The van der Waals surface area contributed by atoms with E-state index < -0.39 is 22.1 Å². The van der Waals surface area contributed by atoms with Crippen molar-refractivity contribution in [1.29, 1.82) is 0 Å². The van der Waals surface area contributed by atoms with Crippen molar-refractivity contribution in [3.05, 3.63) is 65.8 Å². The van der Waals surface area contributed by atoms with Gasteiger partial charge >= 0.3 is 5.69 Å². The summed E-state index contributed by atoms with van der Waals surface area (Å²) in [5.41, 5.74) is 4.78. The number of carbonyl (C=O) groups is 1. The fraction of sp³-hybridized carbons (Fsp3) is 0.381. The first-order valence-corrected chi connectivity index (χ1v) is 10.6. The molecule has 1 aromatic carbocycles. The number of benzene rings is 1. The number of rotatable bonds is 10. The van der Waals surface area contributed by atoms with Crippen molar-refractivity contribution in [2.24, 2.45) is 0 Å². The third-order valence-corrected chi connectivity index (χ3v) is 5.13. The molecule has 172 valence electrons. The van der Waals surface area contributed by atoms with E-state index in [-0.39, 0.29) is 28.8 Å². The number of nitro groups is 1. The first-order valence-electron chi connectivity index (χ1n) is 10.3. The second-order valence-corrected chi connectivity index (χ2v) is 7.55. The molecule has 1 heterocycles. The Morgan fingerprint density at radius 2 is 1.97 bits per heavy atom. The van der Waals surface area contributed by atoms with Crippen molar-refractivity contribution in [2.45, 2.75) is 46.1 Å². The van der Waals surface area contributed by atoms with Crippen molar-refractivity contribution >= 4 is 40.8 Å². The smallest absolute Gasteiger partial charge is 0.330 e. The summed E-state index contributed by atoms with van der Waals surface area (Å²) in [4.78, 5) is 51.7. The summed E-state index contributed by atoms with van der Waals surface area (Å²) in [5, 5.41) is 11.1. The molecule has 0 radical (unpaired) electrons. The molecule has 0 spiro atoms. The number of nitrogens with zero attached hydrogens (tertiary/aromatic N) is 3. The van der Waals surface area contributed by atoms with Crippen LogP contribution in [0, 0.1) is 10.1 Å². The predicted molar refractivity (Wildman–Crippen MR) is 125 cm³/mol. The van der Waals surface area contributed by atoms with E-state index in [4.69, 9.17) is 17.3 Å². The molecule has 2 aromatic rings. The summed E-state index contributed by atoms with van der Waals surface area (Å²) >= 11 is 5.82. The van der Waals surface area contributed by atoms with Crippen LogP contribution in [-0.2, 0) is 11.3 Å². The summed E-state index contributed by atoms with van der Waals surface area (Å²) in [7, 11) is 0. The third-order valence-electron chi connectivity index (χ3n) is 4.81. The number of nitrogens with two attached hydrogens (primary N) is 1. The Balaban J connectivity index is 2.46. The largest absolute Gasteiger partial charge is 0.383 e. The number of H-pyrrole nitrogens is 1. The SMILES string of the molecule is CCCCN(C(=O)/C=C/c1ccc(Cl)c([N+](=O)[O-])c1)c1c(N)n(CCCC)c(=O)[nH]c1=O. The van der Waals surface area contributed by atoms with Crippen molar-refractivity contribution in [3.63, 3.8) is 0 Å². The van der Waals surface area contributed by atoms with Crippen LogP contribution in [0.4, 0.5) is 17.2 Å². The predicted octanol–water partition coefficient (Wildman–Crippen LogP) is 3.33. The van der Waals surface area contributed by atoms with Crippen LogP contribution in [0.3, 0.4) is 0 Å². The van der Waals surface area contributed by atoms with Crippen molar-refractivity contribution in [3.8, 4) is 0 Å². The van der Waals surface area contributed by atoms with Crippen LogP contribution in [0.2, 0.25) is 5.02 Å². The maximum atomic E-state index is 13.0. The number of unbranched alkanes of at least 4 members (excludes halogenated alkanes) is 2. The van der Waals surface area contributed by atoms with E-state index >= 15 is 0 Å². The van der Waals surface area contributed by atoms with Gasteiger partial charge in [0.05, 0.1) is 4.92 Å². The van der Waals surface area contributed by atoms with Gasteiger partial charge < -0.3 is 10.6 Å². The van der Waals surface area contributed by atoms with E-state index in [1.54, 1.807) is 0 Å². The normalized spacial score (nSPS) is 11.1. The van der Waals surface area contributed by atoms with Gasteiger partial charge in [0.25, 0.3) is 17.2 Å². The van der Waals surface area contributed by atoms with Crippen molar-refractivity contribution in [1.82, 2.24) is 9.55 Å². The van der Waals surface area contributed by atoms with Gasteiger partial charge in [-0.15, -0.1) is 0 Å². The van der Waals surface area contributed by atoms with E-state index in [2.05, 4.69) is 4.98 Å². The number of hydrogen-bond acceptors (Lipinski definition) is 6. The molecular weight excluding hydrogens is 438 g/mol. The van der Waals surface area contributed by atoms with Gasteiger partial charge in [0.15, 0.2) is 5.69 Å². The van der Waals surface area contributed by atoms with Gasteiger partial charge in [-0.3, -0.25) is 29.3 Å². The lowest BCUT2D eigenvalue weighted by Gasteiger charge is -2.23. The molecule has 11 heteroatoms. The third kappa shape index (κ3) is 5.85. The van der Waals surface area contributed by atoms with Crippen molar-refractivity contribution < 1.29 is 9.72 Å². The zero-order valence-corrected chi connectivity index (χ0v) is 18.7. The molecule has 0 unspecified atom stereocenters. The first-order chi connectivity index (χ1) is 15.2. The highest BCUT2D eigenvalue weighted by atomic mass is 35.5. The molecule has 2 rings (SSSR count). The maximum Gasteiger partial charge on any atom is 0.330 e. The van der Waals surface area contributed by atoms with Crippen LogP contribution in [0.15, 0.2) is 33.9 Å². The van der Waals surface area contributed by atoms with Crippen LogP contribution in [0.1, 0.15) is 45.1 Å². The number of hydrogen-bond donors (Lipinski definition) is 2. The Labute approximate surface area is 189 Å². The molecule has 0 fully saturated rings. The van der Waals surface area contributed by atoms with E-state index in [0.29, 0.717) is 24.9 Å². The van der Waals surface area contributed by atoms with Gasteiger partial charge in [-0.05, 0) is 30.5 Å². The maximum absolute atomic E-state index is 13.0. The molecule has 32 heavy (non-hydrogen) atoms. The number of nitro benzene ring substituents is 1. The number of nitrogen functional groups attached to an aromatic ring is 1. The second kappa shape index (κ2) is 11.3. The quantitative estimate of drug-likeness (QED) is 0.314. The molecule has 0 bridgehead atoms.